The molecule has 24 heavy (non-hydrogen) atoms. The molecule has 0 aromatic carbocycles. The average molecular weight is 350 g/mol. The van der Waals surface area contributed by atoms with Gasteiger partial charge < -0.3 is 14.8 Å². The van der Waals surface area contributed by atoms with E-state index in [1.165, 1.54) is 17.5 Å². The Labute approximate surface area is 146 Å². The number of carbonyl (C=O) groups excluding carboxylic acids is 2. The number of nitrogens with zero attached hydrogens (tertiary/aromatic N) is 1. The van der Waals surface area contributed by atoms with Crippen LogP contribution < -0.4 is 5.32 Å². The predicted molar refractivity (Wildman–Crippen MR) is 92.9 cm³/mol. The van der Waals surface area contributed by atoms with Crippen LogP contribution >= 0.6 is 11.3 Å². The zero-order chi connectivity index (χ0) is 18.5. The third-order valence-corrected chi connectivity index (χ3v) is 4.09. The molecule has 0 saturated carbocycles. The van der Waals surface area contributed by atoms with E-state index < -0.39 is 17.5 Å². The number of nitrogens with one attached hydrogen (secondary N) is 1. The lowest BCUT2D eigenvalue weighted by molar-refractivity contribution is -0.149. The van der Waals surface area contributed by atoms with Crippen LogP contribution in [-0.4, -0.2) is 24.1 Å². The third kappa shape index (κ3) is 5.10. The van der Waals surface area contributed by atoms with E-state index in [4.69, 9.17) is 14.7 Å². The Morgan fingerprint density at radius 2 is 1.96 bits per heavy atom. The summed E-state index contributed by atoms with van der Waals surface area (Å²) in [6.07, 6.45) is 1.25. The SMILES string of the molecule is CCOC(=O)c1c(N/C=C(/C#N)C(=O)OC(C)(C)C)sc(C)c1C. The fraction of sp³-hybridized carbons (Fsp3) is 0.471. The van der Waals surface area contributed by atoms with Crippen LogP contribution in [0.25, 0.3) is 0 Å². The summed E-state index contributed by atoms with van der Waals surface area (Å²) >= 11 is 1.35. The minimum atomic E-state index is -0.722. The maximum absolute atomic E-state index is 12.1. The van der Waals surface area contributed by atoms with Crippen molar-refractivity contribution in [1.82, 2.24) is 0 Å². The minimum Gasteiger partial charge on any atom is -0.462 e. The van der Waals surface area contributed by atoms with Gasteiger partial charge in [-0.1, -0.05) is 0 Å². The van der Waals surface area contributed by atoms with Gasteiger partial charge in [0, 0.05) is 11.1 Å². The van der Waals surface area contributed by atoms with Crippen LogP contribution in [0.3, 0.4) is 0 Å². The lowest BCUT2D eigenvalue weighted by atomic mass is 10.1. The van der Waals surface area contributed by atoms with Crippen LogP contribution in [0.1, 0.15) is 48.5 Å². The second kappa shape index (κ2) is 7.97. The highest BCUT2D eigenvalue weighted by Crippen LogP contribution is 2.33. The molecule has 0 unspecified atom stereocenters. The van der Waals surface area contributed by atoms with Gasteiger partial charge in [-0.05, 0) is 47.1 Å². The summed E-state index contributed by atoms with van der Waals surface area (Å²) in [4.78, 5) is 25.0. The van der Waals surface area contributed by atoms with Crippen LogP contribution in [0.2, 0.25) is 0 Å². The number of anilines is 1. The molecule has 0 atom stereocenters. The highest BCUT2D eigenvalue weighted by molar-refractivity contribution is 7.16. The van der Waals surface area contributed by atoms with Crippen LogP contribution in [0, 0.1) is 25.2 Å². The normalized spacial score (nSPS) is 11.6. The number of thiophene rings is 1. The van der Waals surface area contributed by atoms with Crippen LogP contribution in [0.15, 0.2) is 11.8 Å². The molecule has 0 bridgehead atoms. The van der Waals surface area contributed by atoms with E-state index in [0.717, 1.165) is 10.4 Å². The zero-order valence-corrected chi connectivity index (χ0v) is 15.6. The molecular weight excluding hydrogens is 328 g/mol. The standard InChI is InChI=1S/C17H22N2O4S/c1-7-22-16(21)13-10(2)11(3)24-14(13)19-9-12(8-18)15(20)23-17(4,5)6/h9,19H,7H2,1-6H3/b12-9-. The average Bonchev–Trinajstić information content (AvgIpc) is 2.73. The molecule has 0 aliphatic rings. The first-order valence-corrected chi connectivity index (χ1v) is 8.29. The van der Waals surface area contributed by atoms with Crippen molar-refractivity contribution in [2.45, 2.75) is 47.1 Å². The van der Waals surface area contributed by atoms with E-state index in [-0.39, 0.29) is 12.2 Å². The first-order valence-electron chi connectivity index (χ1n) is 7.48. The highest BCUT2D eigenvalue weighted by Gasteiger charge is 2.22. The molecule has 7 heteroatoms. The summed E-state index contributed by atoms with van der Waals surface area (Å²) in [6, 6.07) is 1.80. The van der Waals surface area contributed by atoms with Gasteiger partial charge in [0.25, 0.3) is 0 Å². The van der Waals surface area contributed by atoms with Gasteiger partial charge in [0.2, 0.25) is 0 Å². The monoisotopic (exact) mass is 350 g/mol. The first kappa shape index (κ1) is 19.7. The Morgan fingerprint density at radius 3 is 2.46 bits per heavy atom. The lowest BCUT2D eigenvalue weighted by Gasteiger charge is -2.18. The Kier molecular flexibility index (Phi) is 6.55. The number of aryl methyl sites for hydroxylation is 1. The molecule has 0 saturated heterocycles. The van der Waals surface area contributed by atoms with Crippen molar-refractivity contribution in [2.24, 2.45) is 0 Å². The molecule has 0 amide bonds. The number of carbonyl (C=O) groups is 2. The molecule has 0 aliphatic heterocycles. The van der Waals surface area contributed by atoms with Gasteiger partial charge >= 0.3 is 11.9 Å². The molecule has 1 aromatic heterocycles. The first-order chi connectivity index (χ1) is 11.1. The molecular formula is C17H22N2O4S. The van der Waals surface area contributed by atoms with Crippen LogP contribution in [-0.2, 0) is 14.3 Å². The van der Waals surface area contributed by atoms with E-state index in [0.29, 0.717) is 10.6 Å². The molecule has 1 heterocycles. The Balaban J connectivity index is 3.08. The Hall–Kier alpha value is -2.33. The summed E-state index contributed by atoms with van der Waals surface area (Å²) < 4.78 is 10.2. The number of rotatable bonds is 5. The van der Waals surface area contributed by atoms with Gasteiger partial charge in [0.05, 0.1) is 12.2 Å². The second-order valence-electron chi connectivity index (χ2n) is 6.02. The molecule has 1 aromatic rings. The van der Waals surface area contributed by atoms with Crippen molar-refractivity contribution in [3.63, 3.8) is 0 Å². The summed E-state index contributed by atoms with van der Waals surface area (Å²) in [5.74, 6) is -1.16. The van der Waals surface area contributed by atoms with E-state index in [2.05, 4.69) is 5.32 Å². The van der Waals surface area contributed by atoms with Crippen molar-refractivity contribution in [1.29, 1.82) is 5.26 Å². The molecule has 6 nitrogen and oxygen atoms in total. The zero-order valence-electron chi connectivity index (χ0n) is 14.8. The van der Waals surface area contributed by atoms with Crippen molar-refractivity contribution in [3.05, 3.63) is 27.8 Å². The molecule has 1 N–H and O–H groups in total. The fourth-order valence-corrected chi connectivity index (χ4v) is 2.80. The van der Waals surface area contributed by atoms with Gasteiger partial charge in [-0.25, -0.2) is 9.59 Å². The molecule has 0 fully saturated rings. The highest BCUT2D eigenvalue weighted by atomic mass is 32.1. The quantitative estimate of drug-likeness (QED) is 0.495. The van der Waals surface area contributed by atoms with Crippen LogP contribution in [0.4, 0.5) is 5.00 Å². The molecule has 0 radical (unpaired) electrons. The van der Waals surface area contributed by atoms with Crippen molar-refractivity contribution >= 4 is 28.3 Å². The summed E-state index contributed by atoms with van der Waals surface area (Å²) in [5, 5.41) is 12.5. The van der Waals surface area contributed by atoms with E-state index in [1.807, 2.05) is 13.8 Å². The van der Waals surface area contributed by atoms with E-state index in [1.54, 1.807) is 33.8 Å². The van der Waals surface area contributed by atoms with E-state index in [9.17, 15) is 9.59 Å². The topological polar surface area (TPSA) is 88.4 Å². The fourth-order valence-electron chi connectivity index (χ4n) is 1.79. The van der Waals surface area contributed by atoms with Gasteiger partial charge in [-0.2, -0.15) is 5.26 Å². The van der Waals surface area contributed by atoms with Crippen LogP contribution in [0.5, 0.6) is 0 Å². The van der Waals surface area contributed by atoms with Gasteiger partial charge in [0.15, 0.2) is 5.57 Å². The third-order valence-electron chi connectivity index (χ3n) is 2.95. The van der Waals surface area contributed by atoms with Crippen molar-refractivity contribution in [2.75, 3.05) is 11.9 Å². The summed E-state index contributed by atoms with van der Waals surface area (Å²) in [7, 11) is 0. The number of nitriles is 1. The summed E-state index contributed by atoms with van der Waals surface area (Å²) in [6.45, 7) is 10.9. The molecule has 0 aliphatic carbocycles. The number of hydrogen-bond acceptors (Lipinski definition) is 7. The number of esters is 2. The molecule has 130 valence electrons. The summed E-state index contributed by atoms with van der Waals surface area (Å²) in [5.41, 5.74) is 0.352. The lowest BCUT2D eigenvalue weighted by Crippen LogP contribution is -2.24. The van der Waals surface area contributed by atoms with Crippen molar-refractivity contribution < 1.29 is 19.1 Å². The second-order valence-corrected chi connectivity index (χ2v) is 7.25. The van der Waals surface area contributed by atoms with Gasteiger partial charge in [0.1, 0.15) is 16.7 Å². The Bertz CT molecular complexity index is 705. The molecule has 0 spiro atoms. The smallest absolute Gasteiger partial charge is 0.350 e. The Morgan fingerprint density at radius 1 is 1.33 bits per heavy atom. The maximum atomic E-state index is 12.1. The number of ether oxygens (including phenoxy) is 2. The molecule has 1 rings (SSSR count). The van der Waals surface area contributed by atoms with Gasteiger partial charge in [-0.3, -0.25) is 0 Å². The largest absolute Gasteiger partial charge is 0.462 e. The minimum absolute atomic E-state index is 0.177. The number of hydrogen-bond donors (Lipinski definition) is 1. The van der Waals surface area contributed by atoms with E-state index >= 15 is 0 Å². The van der Waals surface area contributed by atoms with Crippen molar-refractivity contribution in [3.8, 4) is 6.07 Å². The van der Waals surface area contributed by atoms with Gasteiger partial charge in [-0.15, -0.1) is 11.3 Å². The maximum Gasteiger partial charge on any atom is 0.350 e. The predicted octanol–water partition coefficient (Wildman–Crippen LogP) is 3.70.